The third-order valence-electron chi connectivity index (χ3n) is 4.49. The van der Waals surface area contributed by atoms with E-state index in [2.05, 4.69) is 17.1 Å². The predicted octanol–water partition coefficient (Wildman–Crippen LogP) is 2.41. The third kappa shape index (κ3) is 3.83. The highest BCUT2D eigenvalue weighted by atomic mass is 32.2. The Morgan fingerprint density at radius 3 is 2.38 bits per heavy atom. The summed E-state index contributed by atoms with van der Waals surface area (Å²) >= 11 is 0. The maximum absolute atomic E-state index is 11.5. The zero-order chi connectivity index (χ0) is 15.5. The molecule has 0 unspecified atom stereocenters. The van der Waals surface area contributed by atoms with Crippen molar-refractivity contribution in [3.63, 3.8) is 0 Å². The van der Waals surface area contributed by atoms with Gasteiger partial charge < -0.3 is 4.57 Å². The van der Waals surface area contributed by atoms with Crippen LogP contribution >= 0.6 is 0 Å². The Morgan fingerprint density at radius 1 is 1.19 bits per heavy atom. The Labute approximate surface area is 127 Å². The summed E-state index contributed by atoms with van der Waals surface area (Å²) in [6, 6.07) is 0. The Balaban J connectivity index is 2.09. The van der Waals surface area contributed by atoms with Gasteiger partial charge >= 0.3 is 0 Å². The lowest BCUT2D eigenvalue weighted by Gasteiger charge is -2.28. The molecule has 6 nitrogen and oxygen atoms in total. The topological polar surface area (TPSA) is 90.9 Å². The van der Waals surface area contributed by atoms with E-state index in [4.69, 9.17) is 5.14 Å². The average molecular weight is 314 g/mol. The molecule has 0 amide bonds. The molecule has 1 heterocycles. The second-order valence-corrected chi connectivity index (χ2v) is 7.45. The van der Waals surface area contributed by atoms with Crippen LogP contribution in [0, 0.1) is 5.92 Å². The van der Waals surface area contributed by atoms with Gasteiger partial charge in [-0.15, -0.1) is 10.2 Å². The van der Waals surface area contributed by atoms with E-state index in [-0.39, 0.29) is 5.16 Å². The standard InChI is InChI=1S/C14H26N4O2S/c1-3-5-6-11-7-9-12(10-8-11)13-16-17-14(18(13)4-2)21(15,19)20/h11-12H,3-10H2,1-2H3,(H2,15,19,20). The number of primary sulfonamides is 1. The molecule has 120 valence electrons. The first-order valence-electron chi connectivity index (χ1n) is 7.93. The van der Waals surface area contributed by atoms with Crippen LogP contribution in [-0.4, -0.2) is 23.2 Å². The number of sulfonamides is 1. The largest absolute Gasteiger partial charge is 0.301 e. The van der Waals surface area contributed by atoms with Crippen molar-refractivity contribution in [2.24, 2.45) is 11.1 Å². The maximum atomic E-state index is 11.5. The van der Waals surface area contributed by atoms with Crippen molar-refractivity contribution in [1.82, 2.24) is 14.8 Å². The number of hydrogen-bond acceptors (Lipinski definition) is 4. The molecule has 21 heavy (non-hydrogen) atoms. The lowest BCUT2D eigenvalue weighted by Crippen LogP contribution is -2.21. The number of aromatic nitrogens is 3. The van der Waals surface area contributed by atoms with Crippen LogP contribution in [0.2, 0.25) is 0 Å². The van der Waals surface area contributed by atoms with Gasteiger partial charge in [-0.2, -0.15) is 0 Å². The van der Waals surface area contributed by atoms with Crippen LogP contribution in [0.15, 0.2) is 5.16 Å². The maximum Gasteiger partial charge on any atom is 0.273 e. The number of nitrogens with two attached hydrogens (primary N) is 1. The second-order valence-electron chi connectivity index (χ2n) is 5.99. The molecule has 0 spiro atoms. The Kier molecular flexibility index (Phi) is 5.37. The summed E-state index contributed by atoms with van der Waals surface area (Å²) in [5.41, 5.74) is 0. The molecule has 0 radical (unpaired) electrons. The summed E-state index contributed by atoms with van der Waals surface area (Å²) in [7, 11) is -3.80. The van der Waals surface area contributed by atoms with Gasteiger partial charge in [-0.05, 0) is 38.5 Å². The number of nitrogens with zero attached hydrogens (tertiary/aromatic N) is 3. The molecular weight excluding hydrogens is 288 g/mol. The Bertz CT molecular complexity index is 560. The van der Waals surface area contributed by atoms with Crippen LogP contribution in [-0.2, 0) is 16.6 Å². The molecule has 1 aliphatic carbocycles. The lowest BCUT2D eigenvalue weighted by atomic mass is 9.79. The van der Waals surface area contributed by atoms with E-state index in [1.165, 1.54) is 32.1 Å². The van der Waals surface area contributed by atoms with Crippen molar-refractivity contribution in [2.75, 3.05) is 0 Å². The zero-order valence-electron chi connectivity index (χ0n) is 13.0. The number of unbranched alkanes of at least 4 members (excludes halogenated alkanes) is 1. The van der Waals surface area contributed by atoms with E-state index in [1.807, 2.05) is 6.92 Å². The summed E-state index contributed by atoms with van der Waals surface area (Å²) in [5, 5.41) is 13.0. The minimum absolute atomic E-state index is 0.104. The summed E-state index contributed by atoms with van der Waals surface area (Å²) < 4.78 is 24.7. The van der Waals surface area contributed by atoms with E-state index in [0.29, 0.717) is 12.5 Å². The van der Waals surface area contributed by atoms with Crippen LogP contribution in [0.1, 0.15) is 70.5 Å². The van der Waals surface area contributed by atoms with Crippen LogP contribution in [0.5, 0.6) is 0 Å². The molecule has 0 bridgehead atoms. The van der Waals surface area contributed by atoms with Crippen molar-refractivity contribution in [2.45, 2.75) is 76.4 Å². The molecule has 0 aliphatic heterocycles. The van der Waals surface area contributed by atoms with Gasteiger partial charge in [0.1, 0.15) is 5.82 Å². The average Bonchev–Trinajstić information content (AvgIpc) is 2.89. The van der Waals surface area contributed by atoms with Crippen molar-refractivity contribution >= 4 is 10.0 Å². The SMILES string of the molecule is CCCCC1CCC(c2nnc(S(N)(=O)=O)n2CC)CC1. The quantitative estimate of drug-likeness (QED) is 0.873. The summed E-state index contributed by atoms with van der Waals surface area (Å²) in [4.78, 5) is 0. The molecule has 2 N–H and O–H groups in total. The third-order valence-corrected chi connectivity index (χ3v) is 5.30. The van der Waals surface area contributed by atoms with E-state index < -0.39 is 10.0 Å². The summed E-state index contributed by atoms with van der Waals surface area (Å²) in [6.07, 6.45) is 8.40. The van der Waals surface area contributed by atoms with Gasteiger partial charge in [0.2, 0.25) is 0 Å². The Morgan fingerprint density at radius 2 is 1.86 bits per heavy atom. The normalized spacial score (nSPS) is 23.4. The number of rotatable bonds is 6. The zero-order valence-corrected chi connectivity index (χ0v) is 13.8. The fourth-order valence-electron chi connectivity index (χ4n) is 3.31. The molecule has 0 aromatic carbocycles. The smallest absolute Gasteiger partial charge is 0.273 e. The first kappa shape index (κ1) is 16.4. The van der Waals surface area contributed by atoms with E-state index in [1.54, 1.807) is 4.57 Å². The van der Waals surface area contributed by atoms with E-state index in [0.717, 1.165) is 24.6 Å². The van der Waals surface area contributed by atoms with Gasteiger partial charge in [-0.1, -0.05) is 26.2 Å². The van der Waals surface area contributed by atoms with Gasteiger partial charge in [0.15, 0.2) is 0 Å². The van der Waals surface area contributed by atoms with Crippen LogP contribution < -0.4 is 5.14 Å². The van der Waals surface area contributed by atoms with Crippen LogP contribution in [0.3, 0.4) is 0 Å². The second kappa shape index (κ2) is 6.87. The fraction of sp³-hybridized carbons (Fsp3) is 0.857. The van der Waals surface area contributed by atoms with Gasteiger partial charge in [0.05, 0.1) is 0 Å². The molecule has 0 saturated heterocycles. The van der Waals surface area contributed by atoms with Crippen LogP contribution in [0.4, 0.5) is 0 Å². The molecule has 0 atom stereocenters. The predicted molar refractivity (Wildman–Crippen MR) is 81.3 cm³/mol. The van der Waals surface area contributed by atoms with Crippen molar-refractivity contribution < 1.29 is 8.42 Å². The highest BCUT2D eigenvalue weighted by Gasteiger charge is 2.28. The highest BCUT2D eigenvalue weighted by molar-refractivity contribution is 7.89. The van der Waals surface area contributed by atoms with Crippen molar-refractivity contribution in [3.05, 3.63) is 5.82 Å². The first-order chi connectivity index (χ1) is 9.97. The number of hydrogen-bond donors (Lipinski definition) is 1. The molecule has 7 heteroatoms. The fourth-order valence-corrected chi connectivity index (χ4v) is 4.00. The van der Waals surface area contributed by atoms with Gasteiger partial charge in [0, 0.05) is 12.5 Å². The summed E-state index contributed by atoms with van der Waals surface area (Å²) in [6.45, 7) is 4.66. The summed E-state index contributed by atoms with van der Waals surface area (Å²) in [5.74, 6) is 1.92. The van der Waals surface area contributed by atoms with Gasteiger partial charge in [-0.3, -0.25) is 0 Å². The van der Waals surface area contributed by atoms with Crippen molar-refractivity contribution in [1.29, 1.82) is 0 Å². The van der Waals surface area contributed by atoms with Crippen molar-refractivity contribution in [3.8, 4) is 0 Å². The molecular formula is C14H26N4O2S. The molecule has 2 rings (SSSR count). The molecule has 1 aromatic rings. The highest BCUT2D eigenvalue weighted by Crippen LogP contribution is 2.37. The van der Waals surface area contributed by atoms with E-state index in [9.17, 15) is 8.42 Å². The van der Waals surface area contributed by atoms with E-state index >= 15 is 0 Å². The minimum atomic E-state index is -3.80. The molecule has 1 aliphatic rings. The first-order valence-corrected chi connectivity index (χ1v) is 9.47. The monoisotopic (exact) mass is 314 g/mol. The Hall–Kier alpha value is -0.950. The van der Waals surface area contributed by atoms with Crippen LogP contribution in [0.25, 0.3) is 0 Å². The lowest BCUT2D eigenvalue weighted by molar-refractivity contribution is 0.294. The van der Waals surface area contributed by atoms with Gasteiger partial charge in [0.25, 0.3) is 15.2 Å². The minimum Gasteiger partial charge on any atom is -0.301 e. The van der Waals surface area contributed by atoms with Gasteiger partial charge in [-0.25, -0.2) is 13.6 Å². The molecule has 1 fully saturated rings. The molecule has 1 saturated carbocycles. The molecule has 1 aromatic heterocycles.